The average molecular weight is 275 g/mol. The molecule has 8 nitrogen and oxygen atoms in total. The number of carboxylic acid groups (broad SMARTS) is 1. The van der Waals surface area contributed by atoms with Crippen molar-refractivity contribution >= 4 is 15.8 Å². The number of aliphatic carboxylic acids is 1. The third-order valence-corrected chi connectivity index (χ3v) is 4.48. The zero-order chi connectivity index (χ0) is 13.3. The second-order valence-corrected chi connectivity index (χ2v) is 6.45. The van der Waals surface area contributed by atoms with Crippen LogP contribution >= 0.6 is 0 Å². The first-order valence-electron chi connectivity index (χ1n) is 5.38. The molecule has 1 saturated heterocycles. The largest absolute Gasteiger partial charge is 0.481 e. The van der Waals surface area contributed by atoms with E-state index in [0.717, 1.165) is 0 Å². The molecule has 2 atom stereocenters. The van der Waals surface area contributed by atoms with Crippen molar-refractivity contribution in [1.82, 2.24) is 15.0 Å². The molecule has 0 aliphatic carbocycles. The van der Waals surface area contributed by atoms with Gasteiger partial charge in [-0.2, -0.15) is 0 Å². The average Bonchev–Trinajstić information content (AvgIpc) is 2.79. The molecule has 1 aliphatic rings. The van der Waals surface area contributed by atoms with E-state index in [1.165, 1.54) is 10.9 Å². The second kappa shape index (κ2) is 4.65. The van der Waals surface area contributed by atoms with Crippen LogP contribution in [0.15, 0.2) is 6.20 Å². The van der Waals surface area contributed by atoms with E-state index >= 15 is 0 Å². The van der Waals surface area contributed by atoms with Gasteiger partial charge in [0.05, 0.1) is 35.8 Å². The highest BCUT2D eigenvalue weighted by Gasteiger charge is 2.38. The van der Waals surface area contributed by atoms with Crippen molar-refractivity contribution in [1.29, 1.82) is 0 Å². The molecule has 2 unspecified atom stereocenters. The lowest BCUT2D eigenvalue weighted by atomic mass is 10.2. The van der Waals surface area contributed by atoms with Gasteiger partial charge in [-0.15, -0.1) is 5.10 Å². The van der Waals surface area contributed by atoms with Crippen molar-refractivity contribution in [2.45, 2.75) is 25.0 Å². The van der Waals surface area contributed by atoms with Crippen LogP contribution in [0.3, 0.4) is 0 Å². The number of aromatic nitrogens is 3. The van der Waals surface area contributed by atoms with Crippen LogP contribution in [0.2, 0.25) is 0 Å². The Morgan fingerprint density at radius 1 is 1.50 bits per heavy atom. The van der Waals surface area contributed by atoms with Gasteiger partial charge in [-0.3, -0.25) is 4.79 Å². The number of hydrogen-bond acceptors (Lipinski definition) is 6. The van der Waals surface area contributed by atoms with E-state index in [9.17, 15) is 18.3 Å². The van der Waals surface area contributed by atoms with Gasteiger partial charge in [0.15, 0.2) is 9.84 Å². The smallest absolute Gasteiger partial charge is 0.303 e. The molecule has 0 radical (unpaired) electrons. The zero-order valence-corrected chi connectivity index (χ0v) is 10.2. The highest BCUT2D eigenvalue weighted by Crippen LogP contribution is 2.23. The Labute approximate surface area is 103 Å². The molecule has 0 spiro atoms. The highest BCUT2D eigenvalue weighted by molar-refractivity contribution is 7.91. The summed E-state index contributed by atoms with van der Waals surface area (Å²) in [6, 6.07) is -0.638. The van der Waals surface area contributed by atoms with Gasteiger partial charge in [-0.1, -0.05) is 5.21 Å². The number of aliphatic hydroxyl groups is 1. The number of hydrogen-bond donors (Lipinski definition) is 2. The van der Waals surface area contributed by atoms with E-state index in [0.29, 0.717) is 5.69 Å². The number of rotatable bonds is 4. The molecule has 1 aliphatic heterocycles. The van der Waals surface area contributed by atoms with Crippen LogP contribution in [0, 0.1) is 0 Å². The minimum atomic E-state index is -3.24. The number of nitrogens with zero attached hydrogens (tertiary/aromatic N) is 3. The number of carbonyl (C=O) groups is 1. The maximum absolute atomic E-state index is 11.3. The standard InChI is InChI=1S/C9H13N3O5S/c13-8-5-18(16,17)4-7(8)12-3-6(10-11-12)1-2-9(14)15/h3,7-8,13H,1-2,4-5H2,(H,14,15). The van der Waals surface area contributed by atoms with Gasteiger partial charge in [-0.05, 0) is 0 Å². The van der Waals surface area contributed by atoms with E-state index in [1.807, 2.05) is 0 Å². The van der Waals surface area contributed by atoms with Gasteiger partial charge in [0, 0.05) is 12.6 Å². The van der Waals surface area contributed by atoms with Gasteiger partial charge in [0.25, 0.3) is 0 Å². The Morgan fingerprint density at radius 2 is 2.22 bits per heavy atom. The summed E-state index contributed by atoms with van der Waals surface area (Å²) in [5.74, 6) is -1.38. The molecular formula is C9H13N3O5S. The van der Waals surface area contributed by atoms with Crippen LogP contribution in [-0.2, 0) is 21.1 Å². The van der Waals surface area contributed by atoms with Crippen LogP contribution in [0.25, 0.3) is 0 Å². The lowest BCUT2D eigenvalue weighted by molar-refractivity contribution is -0.136. The molecular weight excluding hydrogens is 262 g/mol. The van der Waals surface area contributed by atoms with Crippen LogP contribution in [-0.4, -0.2) is 57.2 Å². The van der Waals surface area contributed by atoms with Gasteiger partial charge in [-0.25, -0.2) is 13.1 Å². The molecule has 0 aromatic carbocycles. The SMILES string of the molecule is O=C(O)CCc1cn(C2CS(=O)(=O)CC2O)nn1. The van der Waals surface area contributed by atoms with E-state index in [1.54, 1.807) is 0 Å². The summed E-state index contributed by atoms with van der Waals surface area (Å²) in [5.41, 5.74) is 0.467. The van der Waals surface area contributed by atoms with Crippen LogP contribution in [0.5, 0.6) is 0 Å². The van der Waals surface area contributed by atoms with Gasteiger partial charge < -0.3 is 10.2 Å². The topological polar surface area (TPSA) is 122 Å². The van der Waals surface area contributed by atoms with Crippen molar-refractivity contribution in [3.05, 3.63) is 11.9 Å². The summed E-state index contributed by atoms with van der Waals surface area (Å²) in [6.45, 7) is 0. The van der Waals surface area contributed by atoms with E-state index in [2.05, 4.69) is 10.3 Å². The van der Waals surface area contributed by atoms with Crippen LogP contribution in [0.4, 0.5) is 0 Å². The van der Waals surface area contributed by atoms with Crippen molar-refractivity contribution in [3.8, 4) is 0 Å². The predicted octanol–water partition coefficient (Wildman–Crippen LogP) is -1.37. The van der Waals surface area contributed by atoms with Gasteiger partial charge >= 0.3 is 5.97 Å². The number of aryl methyl sites for hydroxylation is 1. The number of sulfone groups is 1. The molecule has 0 amide bonds. The third-order valence-electron chi connectivity index (χ3n) is 2.79. The molecule has 2 N–H and O–H groups in total. The summed E-state index contributed by atoms with van der Waals surface area (Å²) in [7, 11) is -3.24. The summed E-state index contributed by atoms with van der Waals surface area (Å²) in [5, 5.41) is 25.7. The fourth-order valence-corrected chi connectivity index (χ4v) is 3.66. The predicted molar refractivity (Wildman–Crippen MR) is 59.7 cm³/mol. The lowest BCUT2D eigenvalue weighted by Crippen LogP contribution is -2.22. The molecule has 100 valence electrons. The molecule has 18 heavy (non-hydrogen) atoms. The fraction of sp³-hybridized carbons (Fsp3) is 0.667. The Hall–Kier alpha value is -1.48. The molecule has 1 aromatic heterocycles. The molecule has 0 saturated carbocycles. The highest BCUT2D eigenvalue weighted by atomic mass is 32.2. The Balaban J connectivity index is 2.08. The van der Waals surface area contributed by atoms with Crippen molar-refractivity contribution in [3.63, 3.8) is 0 Å². The first-order valence-corrected chi connectivity index (χ1v) is 7.20. The second-order valence-electron chi connectivity index (χ2n) is 4.30. The maximum atomic E-state index is 11.3. The van der Waals surface area contributed by atoms with Gasteiger partial charge in [0.1, 0.15) is 0 Å². The van der Waals surface area contributed by atoms with Crippen molar-refractivity contribution in [2.24, 2.45) is 0 Å². The zero-order valence-electron chi connectivity index (χ0n) is 9.43. The number of aliphatic hydroxyl groups excluding tert-OH is 1. The minimum Gasteiger partial charge on any atom is -0.481 e. The Bertz CT molecular complexity index is 552. The van der Waals surface area contributed by atoms with Crippen LogP contribution < -0.4 is 0 Å². The Kier molecular flexibility index (Phi) is 3.35. The van der Waals surface area contributed by atoms with E-state index < -0.39 is 28.0 Å². The monoisotopic (exact) mass is 275 g/mol. The van der Waals surface area contributed by atoms with Crippen molar-refractivity contribution < 1.29 is 23.4 Å². The molecule has 0 bridgehead atoms. The molecule has 2 heterocycles. The van der Waals surface area contributed by atoms with Crippen LogP contribution in [0.1, 0.15) is 18.2 Å². The fourth-order valence-electron chi connectivity index (χ4n) is 1.89. The summed E-state index contributed by atoms with van der Waals surface area (Å²) >= 11 is 0. The summed E-state index contributed by atoms with van der Waals surface area (Å²) < 4.78 is 24.0. The quantitative estimate of drug-likeness (QED) is 0.694. The van der Waals surface area contributed by atoms with Crippen molar-refractivity contribution in [2.75, 3.05) is 11.5 Å². The summed E-state index contributed by atoms with van der Waals surface area (Å²) in [4.78, 5) is 10.4. The molecule has 9 heteroatoms. The lowest BCUT2D eigenvalue weighted by Gasteiger charge is -2.11. The Morgan fingerprint density at radius 3 is 2.78 bits per heavy atom. The summed E-state index contributed by atoms with van der Waals surface area (Å²) in [6.07, 6.45) is 0.649. The van der Waals surface area contributed by atoms with E-state index in [-0.39, 0.29) is 24.3 Å². The molecule has 2 rings (SSSR count). The van der Waals surface area contributed by atoms with Gasteiger partial charge in [0.2, 0.25) is 0 Å². The molecule has 1 aromatic rings. The molecule has 1 fully saturated rings. The maximum Gasteiger partial charge on any atom is 0.303 e. The first kappa shape index (κ1) is 13.0. The number of carboxylic acids is 1. The van der Waals surface area contributed by atoms with E-state index in [4.69, 9.17) is 5.11 Å². The normalized spacial score (nSPS) is 26.3. The third kappa shape index (κ3) is 2.85. The first-order chi connectivity index (χ1) is 8.37. The minimum absolute atomic E-state index is 0.0653.